The molecule has 0 fully saturated rings. The summed E-state index contributed by atoms with van der Waals surface area (Å²) < 4.78 is 11.6. The van der Waals surface area contributed by atoms with Gasteiger partial charge in [-0.2, -0.15) is 0 Å². The molecule has 1 N–H and O–H groups in total. The molecule has 0 saturated carbocycles. The van der Waals surface area contributed by atoms with Crippen molar-refractivity contribution in [3.63, 3.8) is 0 Å². The summed E-state index contributed by atoms with van der Waals surface area (Å²) in [6, 6.07) is 5.74. The van der Waals surface area contributed by atoms with E-state index in [1.807, 2.05) is 32.0 Å². The Kier molecular flexibility index (Phi) is 5.63. The molecule has 1 aromatic rings. The average Bonchev–Trinajstić information content (AvgIpc) is 2.40. The summed E-state index contributed by atoms with van der Waals surface area (Å²) in [4.78, 5) is 0. The third-order valence-corrected chi connectivity index (χ3v) is 4.31. The lowest BCUT2D eigenvalue weighted by molar-refractivity contribution is -0.0915. The van der Waals surface area contributed by atoms with Crippen molar-refractivity contribution in [1.82, 2.24) is 0 Å². The van der Waals surface area contributed by atoms with Crippen LogP contribution in [0.2, 0.25) is 0 Å². The lowest BCUT2D eigenvalue weighted by atomic mass is 9.91. The Morgan fingerprint density at radius 2 is 2.06 bits per heavy atom. The Hall–Kier alpha value is -0.580. The third-order valence-electron chi connectivity index (χ3n) is 3.54. The van der Waals surface area contributed by atoms with Gasteiger partial charge in [-0.1, -0.05) is 22.9 Å². The molecular formula is C14H21BrO3. The summed E-state index contributed by atoms with van der Waals surface area (Å²) in [6.07, 6.45) is 0.721. The summed E-state index contributed by atoms with van der Waals surface area (Å²) in [5, 5.41) is 10.3. The van der Waals surface area contributed by atoms with Crippen LogP contribution in [0.5, 0.6) is 5.75 Å². The summed E-state index contributed by atoms with van der Waals surface area (Å²) in [5.41, 5.74) is 0.487. The largest absolute Gasteiger partial charge is 0.497 e. The van der Waals surface area contributed by atoms with Crippen LogP contribution in [0.25, 0.3) is 0 Å². The fourth-order valence-electron chi connectivity index (χ4n) is 1.77. The Bertz CT molecular complexity index is 389. The first-order valence-corrected chi connectivity index (χ1v) is 6.81. The summed E-state index contributed by atoms with van der Waals surface area (Å²) in [7, 11) is 3.27. The first-order valence-electron chi connectivity index (χ1n) is 6.02. The van der Waals surface area contributed by atoms with Crippen LogP contribution in [0, 0.1) is 0 Å². The molecule has 0 saturated heterocycles. The quantitative estimate of drug-likeness (QED) is 0.876. The Morgan fingerprint density at radius 1 is 1.39 bits per heavy atom. The van der Waals surface area contributed by atoms with Gasteiger partial charge in [-0.15, -0.1) is 0 Å². The van der Waals surface area contributed by atoms with E-state index in [9.17, 15) is 5.11 Å². The van der Waals surface area contributed by atoms with Crippen molar-refractivity contribution >= 4 is 15.9 Å². The van der Waals surface area contributed by atoms with Gasteiger partial charge in [0.05, 0.1) is 18.8 Å². The molecule has 1 aromatic carbocycles. The highest BCUT2D eigenvalue weighted by atomic mass is 79.9. The van der Waals surface area contributed by atoms with Crippen LogP contribution in [0.4, 0.5) is 0 Å². The molecule has 0 aliphatic carbocycles. The van der Waals surface area contributed by atoms with Crippen molar-refractivity contribution in [3.8, 4) is 5.75 Å². The first-order chi connectivity index (χ1) is 8.46. The predicted molar refractivity (Wildman–Crippen MR) is 76.1 cm³/mol. The second kappa shape index (κ2) is 6.55. The van der Waals surface area contributed by atoms with Crippen LogP contribution in [0.3, 0.4) is 0 Å². The topological polar surface area (TPSA) is 38.7 Å². The van der Waals surface area contributed by atoms with E-state index in [1.165, 1.54) is 0 Å². The van der Waals surface area contributed by atoms with E-state index in [1.54, 1.807) is 14.2 Å². The van der Waals surface area contributed by atoms with Gasteiger partial charge in [-0.25, -0.2) is 0 Å². The Balaban J connectivity index is 2.90. The van der Waals surface area contributed by atoms with Gasteiger partial charge in [0.15, 0.2) is 0 Å². The molecule has 2 unspecified atom stereocenters. The molecule has 1 rings (SSSR count). The number of benzene rings is 1. The van der Waals surface area contributed by atoms with E-state index in [0.717, 1.165) is 22.2 Å². The van der Waals surface area contributed by atoms with Crippen molar-refractivity contribution in [1.29, 1.82) is 0 Å². The summed E-state index contributed by atoms with van der Waals surface area (Å²) in [6.45, 7) is 3.93. The molecule has 0 bridgehead atoms. The number of hydrogen-bond acceptors (Lipinski definition) is 3. The van der Waals surface area contributed by atoms with Crippen LogP contribution in [-0.2, 0) is 11.2 Å². The highest BCUT2D eigenvalue weighted by molar-refractivity contribution is 9.10. The summed E-state index contributed by atoms with van der Waals surface area (Å²) >= 11 is 3.49. The Morgan fingerprint density at radius 3 is 2.56 bits per heavy atom. The molecule has 0 aromatic heterocycles. The molecule has 2 atom stereocenters. The molecule has 4 heteroatoms. The zero-order valence-electron chi connectivity index (χ0n) is 11.4. The maximum absolute atomic E-state index is 10.3. The molecule has 0 heterocycles. The molecular weight excluding hydrogens is 296 g/mol. The maximum Gasteiger partial charge on any atom is 0.119 e. The van der Waals surface area contributed by atoms with Gasteiger partial charge >= 0.3 is 0 Å². The highest BCUT2D eigenvalue weighted by Crippen LogP contribution is 2.28. The van der Waals surface area contributed by atoms with Gasteiger partial charge < -0.3 is 14.6 Å². The van der Waals surface area contributed by atoms with Gasteiger partial charge in [-0.05, 0) is 37.1 Å². The second-order valence-corrected chi connectivity index (χ2v) is 5.40. The first kappa shape index (κ1) is 15.5. The Labute approximate surface area is 117 Å². The van der Waals surface area contributed by atoms with Gasteiger partial charge in [0.25, 0.3) is 0 Å². The molecule has 0 spiro atoms. The van der Waals surface area contributed by atoms with Crippen LogP contribution in [0.15, 0.2) is 22.7 Å². The molecule has 0 aliphatic rings. The molecule has 18 heavy (non-hydrogen) atoms. The van der Waals surface area contributed by atoms with E-state index >= 15 is 0 Å². The van der Waals surface area contributed by atoms with E-state index in [0.29, 0.717) is 6.42 Å². The van der Waals surface area contributed by atoms with Gasteiger partial charge in [-0.3, -0.25) is 0 Å². The van der Waals surface area contributed by atoms with E-state index in [4.69, 9.17) is 9.47 Å². The van der Waals surface area contributed by atoms with Crippen molar-refractivity contribution in [2.24, 2.45) is 0 Å². The van der Waals surface area contributed by atoms with E-state index in [2.05, 4.69) is 15.9 Å². The van der Waals surface area contributed by atoms with E-state index < -0.39 is 11.7 Å². The molecule has 0 aliphatic heterocycles. The highest BCUT2D eigenvalue weighted by Gasteiger charge is 2.31. The van der Waals surface area contributed by atoms with Crippen molar-refractivity contribution in [3.05, 3.63) is 28.2 Å². The minimum Gasteiger partial charge on any atom is -0.497 e. The molecule has 102 valence electrons. The SMILES string of the molecule is CCC(C)(OC)C(O)Cc1cc(OC)ccc1Br. The van der Waals surface area contributed by atoms with Crippen molar-refractivity contribution < 1.29 is 14.6 Å². The standard InChI is InChI=1S/C14H21BrO3/c1-5-14(2,18-4)13(16)9-10-8-11(17-3)6-7-12(10)15/h6-8,13,16H,5,9H2,1-4H3. The number of ether oxygens (including phenoxy) is 2. The number of hydrogen-bond donors (Lipinski definition) is 1. The van der Waals surface area contributed by atoms with Crippen molar-refractivity contribution in [2.45, 2.75) is 38.4 Å². The molecule has 0 amide bonds. The van der Waals surface area contributed by atoms with Crippen LogP contribution in [-0.4, -0.2) is 31.0 Å². The average molecular weight is 317 g/mol. The fraction of sp³-hybridized carbons (Fsp3) is 0.571. The normalized spacial score (nSPS) is 16.1. The maximum atomic E-state index is 10.3. The zero-order chi connectivity index (χ0) is 13.8. The lowest BCUT2D eigenvalue weighted by Crippen LogP contribution is -2.42. The van der Waals surface area contributed by atoms with Crippen LogP contribution < -0.4 is 4.74 Å². The summed E-state index contributed by atoms with van der Waals surface area (Å²) in [5.74, 6) is 0.788. The van der Waals surface area contributed by atoms with Gasteiger partial charge in [0, 0.05) is 18.0 Å². The minimum absolute atomic E-state index is 0.524. The minimum atomic E-state index is -0.559. The van der Waals surface area contributed by atoms with Crippen molar-refractivity contribution in [2.75, 3.05) is 14.2 Å². The monoisotopic (exact) mass is 316 g/mol. The van der Waals surface area contributed by atoms with E-state index in [-0.39, 0.29) is 0 Å². The molecule has 3 nitrogen and oxygen atoms in total. The number of aliphatic hydroxyl groups excluding tert-OH is 1. The molecule has 0 radical (unpaired) electrons. The van der Waals surface area contributed by atoms with Gasteiger partial charge in [0.1, 0.15) is 5.75 Å². The van der Waals surface area contributed by atoms with Gasteiger partial charge in [0.2, 0.25) is 0 Å². The number of methoxy groups -OCH3 is 2. The number of rotatable bonds is 6. The predicted octanol–water partition coefficient (Wildman–Crippen LogP) is 3.18. The van der Waals surface area contributed by atoms with Crippen LogP contribution >= 0.6 is 15.9 Å². The number of aliphatic hydroxyl groups is 1. The van der Waals surface area contributed by atoms with Crippen LogP contribution in [0.1, 0.15) is 25.8 Å². The fourth-order valence-corrected chi connectivity index (χ4v) is 2.18. The zero-order valence-corrected chi connectivity index (χ0v) is 13.0. The third kappa shape index (κ3) is 3.46. The lowest BCUT2D eigenvalue weighted by Gasteiger charge is -2.32. The second-order valence-electron chi connectivity index (χ2n) is 4.55. The smallest absolute Gasteiger partial charge is 0.119 e. The number of halogens is 1.